The Morgan fingerprint density at radius 1 is 1.19 bits per heavy atom. The molecule has 1 aliphatic heterocycles. The summed E-state index contributed by atoms with van der Waals surface area (Å²) in [6.45, 7) is 0. The average Bonchev–Trinajstić information content (AvgIpc) is 2.89. The van der Waals surface area contributed by atoms with E-state index in [0.717, 1.165) is 17.7 Å². The maximum atomic E-state index is 12.2. The molecule has 0 N–H and O–H groups in total. The van der Waals surface area contributed by atoms with Gasteiger partial charge < -0.3 is 4.74 Å². The Bertz CT molecular complexity index is 669. The van der Waals surface area contributed by atoms with Gasteiger partial charge in [-0.05, 0) is 23.8 Å². The van der Waals surface area contributed by atoms with Crippen LogP contribution in [0.5, 0.6) is 5.75 Å². The van der Waals surface area contributed by atoms with Crippen LogP contribution in [-0.2, 0) is 6.42 Å². The highest BCUT2D eigenvalue weighted by molar-refractivity contribution is 5.96. The van der Waals surface area contributed by atoms with Crippen LogP contribution in [0.15, 0.2) is 48.5 Å². The van der Waals surface area contributed by atoms with E-state index < -0.39 is 4.92 Å². The number of ketones is 1. The number of carbonyl (C=O) groups is 1. The number of ether oxygens (including phenoxy) is 1. The summed E-state index contributed by atoms with van der Waals surface area (Å²) in [5, 5.41) is 10.6. The maximum Gasteiger partial charge on any atom is 0.269 e. The minimum atomic E-state index is -0.481. The van der Waals surface area contributed by atoms with Gasteiger partial charge in [-0.3, -0.25) is 14.9 Å². The SMILES string of the molecule is O=C(C[C@@H]1Cc2ccccc2O1)c1ccc([N+](=O)[O-])cc1. The molecule has 5 nitrogen and oxygen atoms in total. The highest BCUT2D eigenvalue weighted by atomic mass is 16.6. The first-order chi connectivity index (χ1) is 10.1. The van der Waals surface area contributed by atoms with E-state index in [9.17, 15) is 14.9 Å². The van der Waals surface area contributed by atoms with E-state index in [0.29, 0.717) is 5.56 Å². The van der Waals surface area contributed by atoms with Crippen LogP contribution in [0.4, 0.5) is 5.69 Å². The highest BCUT2D eigenvalue weighted by Gasteiger charge is 2.25. The Morgan fingerprint density at radius 3 is 2.57 bits per heavy atom. The van der Waals surface area contributed by atoms with E-state index in [-0.39, 0.29) is 24.0 Å². The summed E-state index contributed by atoms with van der Waals surface area (Å²) in [7, 11) is 0. The molecular formula is C16H13NO4. The van der Waals surface area contributed by atoms with Crippen LogP contribution < -0.4 is 4.74 Å². The van der Waals surface area contributed by atoms with Crippen molar-refractivity contribution in [2.75, 3.05) is 0 Å². The number of hydrogen-bond acceptors (Lipinski definition) is 4. The fourth-order valence-electron chi connectivity index (χ4n) is 2.46. The zero-order valence-corrected chi connectivity index (χ0v) is 11.2. The molecule has 1 atom stereocenters. The van der Waals surface area contributed by atoms with Gasteiger partial charge in [-0.15, -0.1) is 0 Å². The topological polar surface area (TPSA) is 69.4 Å². The van der Waals surface area contributed by atoms with E-state index in [1.54, 1.807) is 0 Å². The Labute approximate surface area is 121 Å². The molecular weight excluding hydrogens is 270 g/mol. The number of nitrogens with zero attached hydrogens (tertiary/aromatic N) is 1. The third-order valence-corrected chi connectivity index (χ3v) is 3.53. The van der Waals surface area contributed by atoms with Crippen molar-refractivity contribution in [3.05, 3.63) is 69.8 Å². The number of rotatable bonds is 4. The molecule has 0 radical (unpaired) electrons. The Balaban J connectivity index is 1.66. The van der Waals surface area contributed by atoms with E-state index in [1.165, 1.54) is 24.3 Å². The van der Waals surface area contributed by atoms with Crippen molar-refractivity contribution in [1.29, 1.82) is 0 Å². The third kappa shape index (κ3) is 2.76. The lowest BCUT2D eigenvalue weighted by Gasteiger charge is -2.09. The summed E-state index contributed by atoms with van der Waals surface area (Å²) >= 11 is 0. The molecule has 0 spiro atoms. The van der Waals surface area contributed by atoms with Crippen molar-refractivity contribution in [3.8, 4) is 5.75 Å². The second kappa shape index (κ2) is 5.36. The van der Waals surface area contributed by atoms with Gasteiger partial charge in [0.2, 0.25) is 0 Å². The van der Waals surface area contributed by atoms with Gasteiger partial charge in [-0.1, -0.05) is 18.2 Å². The standard InChI is InChI=1S/C16H13NO4/c18-15(11-5-7-13(8-6-11)17(19)20)10-14-9-12-3-1-2-4-16(12)21-14/h1-8,14H,9-10H2/t14-/m0/s1. The number of nitro benzene ring substituents is 1. The van der Waals surface area contributed by atoms with Crippen molar-refractivity contribution >= 4 is 11.5 Å². The summed E-state index contributed by atoms with van der Waals surface area (Å²) < 4.78 is 5.73. The van der Waals surface area contributed by atoms with Gasteiger partial charge in [0.1, 0.15) is 11.9 Å². The summed E-state index contributed by atoms with van der Waals surface area (Å²) in [6.07, 6.45) is 0.826. The molecule has 106 valence electrons. The molecule has 0 saturated heterocycles. The minimum Gasteiger partial charge on any atom is -0.489 e. The Morgan fingerprint density at radius 2 is 1.90 bits per heavy atom. The highest BCUT2D eigenvalue weighted by Crippen LogP contribution is 2.30. The number of fused-ring (bicyclic) bond motifs is 1. The number of hydrogen-bond donors (Lipinski definition) is 0. The molecule has 0 fully saturated rings. The van der Waals surface area contributed by atoms with Crippen LogP contribution in [0.25, 0.3) is 0 Å². The summed E-state index contributed by atoms with van der Waals surface area (Å²) in [6, 6.07) is 13.4. The molecule has 0 aromatic heterocycles. The first-order valence-electron chi connectivity index (χ1n) is 6.66. The Kier molecular flexibility index (Phi) is 3.39. The quantitative estimate of drug-likeness (QED) is 0.491. The predicted octanol–water partition coefficient (Wildman–Crippen LogP) is 3.17. The van der Waals surface area contributed by atoms with Crippen LogP contribution in [0.2, 0.25) is 0 Å². The average molecular weight is 283 g/mol. The molecule has 3 rings (SSSR count). The van der Waals surface area contributed by atoms with Crippen LogP contribution >= 0.6 is 0 Å². The first kappa shape index (κ1) is 13.3. The molecule has 5 heteroatoms. The van der Waals surface area contributed by atoms with Gasteiger partial charge in [0.05, 0.1) is 4.92 Å². The number of benzene rings is 2. The van der Waals surface area contributed by atoms with Gasteiger partial charge in [0, 0.05) is 30.5 Å². The number of Topliss-reactive ketones (excluding diaryl/α,β-unsaturated/α-hetero) is 1. The minimum absolute atomic E-state index is 0.0175. The monoisotopic (exact) mass is 283 g/mol. The number of non-ortho nitro benzene ring substituents is 1. The van der Waals surface area contributed by atoms with E-state index in [4.69, 9.17) is 4.74 Å². The van der Waals surface area contributed by atoms with Gasteiger partial charge in [0.15, 0.2) is 5.78 Å². The summed E-state index contributed by atoms with van der Waals surface area (Å²) in [5.74, 6) is 0.765. The number of carbonyl (C=O) groups excluding carboxylic acids is 1. The van der Waals surface area contributed by atoms with Gasteiger partial charge in [-0.25, -0.2) is 0 Å². The van der Waals surface area contributed by atoms with Gasteiger partial charge >= 0.3 is 0 Å². The fourth-order valence-corrected chi connectivity index (χ4v) is 2.46. The van der Waals surface area contributed by atoms with Crippen LogP contribution in [0.1, 0.15) is 22.3 Å². The third-order valence-electron chi connectivity index (χ3n) is 3.53. The maximum absolute atomic E-state index is 12.2. The number of para-hydroxylation sites is 1. The molecule has 2 aromatic rings. The van der Waals surface area contributed by atoms with Crippen LogP contribution in [0, 0.1) is 10.1 Å². The zero-order chi connectivity index (χ0) is 14.8. The van der Waals surface area contributed by atoms with Crippen molar-refractivity contribution in [3.63, 3.8) is 0 Å². The molecule has 21 heavy (non-hydrogen) atoms. The van der Waals surface area contributed by atoms with Gasteiger partial charge in [0.25, 0.3) is 5.69 Å². The molecule has 0 unspecified atom stereocenters. The second-order valence-corrected chi connectivity index (χ2v) is 4.98. The molecule has 0 amide bonds. The first-order valence-corrected chi connectivity index (χ1v) is 6.66. The molecule has 0 bridgehead atoms. The second-order valence-electron chi connectivity index (χ2n) is 4.98. The Hall–Kier alpha value is -2.69. The zero-order valence-electron chi connectivity index (χ0n) is 11.2. The molecule has 2 aromatic carbocycles. The lowest BCUT2D eigenvalue weighted by molar-refractivity contribution is -0.384. The van der Waals surface area contributed by atoms with E-state index >= 15 is 0 Å². The fraction of sp³-hybridized carbons (Fsp3) is 0.188. The smallest absolute Gasteiger partial charge is 0.269 e. The van der Waals surface area contributed by atoms with Crippen molar-refractivity contribution in [1.82, 2.24) is 0 Å². The number of nitro groups is 1. The van der Waals surface area contributed by atoms with Crippen molar-refractivity contribution < 1.29 is 14.5 Å². The molecule has 0 saturated carbocycles. The molecule has 1 aliphatic rings. The van der Waals surface area contributed by atoms with E-state index in [1.807, 2.05) is 24.3 Å². The largest absolute Gasteiger partial charge is 0.489 e. The lowest BCUT2D eigenvalue weighted by atomic mass is 10.0. The van der Waals surface area contributed by atoms with Crippen LogP contribution in [0.3, 0.4) is 0 Å². The predicted molar refractivity (Wildman–Crippen MR) is 76.6 cm³/mol. The van der Waals surface area contributed by atoms with Gasteiger partial charge in [-0.2, -0.15) is 0 Å². The van der Waals surface area contributed by atoms with Crippen molar-refractivity contribution in [2.24, 2.45) is 0 Å². The van der Waals surface area contributed by atoms with Crippen molar-refractivity contribution in [2.45, 2.75) is 18.9 Å². The summed E-state index contributed by atoms with van der Waals surface area (Å²) in [5.41, 5.74) is 1.57. The molecule has 0 aliphatic carbocycles. The van der Waals surface area contributed by atoms with Crippen LogP contribution in [-0.4, -0.2) is 16.8 Å². The van der Waals surface area contributed by atoms with E-state index in [2.05, 4.69) is 0 Å². The normalized spacial score (nSPS) is 16.1. The lowest BCUT2D eigenvalue weighted by Crippen LogP contribution is -2.18. The summed E-state index contributed by atoms with van der Waals surface area (Å²) in [4.78, 5) is 22.3. The molecule has 1 heterocycles.